The SMILES string of the molecule is CCNC(=NCCSCc1ccc(C)cc1)N1CCC(COC)C1.I. The summed E-state index contributed by atoms with van der Waals surface area (Å²) >= 11 is 1.95. The van der Waals surface area contributed by atoms with E-state index in [0.29, 0.717) is 5.92 Å². The van der Waals surface area contributed by atoms with Gasteiger partial charge in [-0.2, -0.15) is 11.8 Å². The summed E-state index contributed by atoms with van der Waals surface area (Å²) in [4.78, 5) is 7.18. The number of hydrogen-bond donors (Lipinski definition) is 1. The number of aryl methyl sites for hydroxylation is 1. The topological polar surface area (TPSA) is 36.9 Å². The maximum Gasteiger partial charge on any atom is 0.193 e. The molecule has 6 heteroatoms. The van der Waals surface area contributed by atoms with Crippen molar-refractivity contribution in [2.24, 2.45) is 10.9 Å². The number of guanidine groups is 1. The van der Waals surface area contributed by atoms with Gasteiger partial charge in [0.15, 0.2) is 5.96 Å². The van der Waals surface area contributed by atoms with E-state index in [1.54, 1.807) is 7.11 Å². The standard InChI is InChI=1S/C19H31N3OS.HI/c1-4-20-19(22-11-9-18(13-22)14-23-3)21-10-12-24-15-17-7-5-16(2)6-8-17;/h5-8,18H,4,9-15H2,1-3H3,(H,20,21);1H. The molecule has 0 saturated carbocycles. The van der Waals surface area contributed by atoms with E-state index < -0.39 is 0 Å². The van der Waals surface area contributed by atoms with Crippen molar-refractivity contribution in [3.63, 3.8) is 0 Å². The van der Waals surface area contributed by atoms with Crippen molar-refractivity contribution < 1.29 is 4.74 Å². The number of hydrogen-bond acceptors (Lipinski definition) is 3. The van der Waals surface area contributed by atoms with E-state index in [-0.39, 0.29) is 24.0 Å². The molecule has 142 valence electrons. The predicted octanol–water partition coefficient (Wildman–Crippen LogP) is 3.78. The molecule has 1 aliphatic heterocycles. The first-order valence-electron chi connectivity index (χ1n) is 8.88. The Labute approximate surface area is 174 Å². The molecule has 1 N–H and O–H groups in total. The number of aliphatic imine (C=N–C) groups is 1. The minimum Gasteiger partial charge on any atom is -0.384 e. The monoisotopic (exact) mass is 477 g/mol. The van der Waals surface area contributed by atoms with Crippen LogP contribution in [-0.2, 0) is 10.5 Å². The van der Waals surface area contributed by atoms with Crippen molar-refractivity contribution in [1.29, 1.82) is 0 Å². The van der Waals surface area contributed by atoms with Gasteiger partial charge in [0.25, 0.3) is 0 Å². The molecule has 2 rings (SSSR count). The third-order valence-corrected chi connectivity index (χ3v) is 5.22. The first-order valence-corrected chi connectivity index (χ1v) is 10.0. The summed E-state index contributed by atoms with van der Waals surface area (Å²) in [7, 11) is 1.78. The second-order valence-electron chi connectivity index (χ2n) is 6.33. The lowest BCUT2D eigenvalue weighted by atomic mass is 10.1. The van der Waals surface area contributed by atoms with Gasteiger partial charge in [0.2, 0.25) is 0 Å². The Kier molecular flexibility index (Phi) is 11.6. The van der Waals surface area contributed by atoms with Crippen LogP contribution in [0.25, 0.3) is 0 Å². The molecule has 4 nitrogen and oxygen atoms in total. The molecule has 1 aliphatic rings. The third-order valence-electron chi connectivity index (χ3n) is 4.21. The number of benzene rings is 1. The summed E-state index contributed by atoms with van der Waals surface area (Å²) in [6.45, 7) is 9.02. The highest BCUT2D eigenvalue weighted by atomic mass is 127. The minimum absolute atomic E-state index is 0. The van der Waals surface area contributed by atoms with Gasteiger partial charge >= 0.3 is 0 Å². The molecule has 1 heterocycles. The van der Waals surface area contributed by atoms with Gasteiger partial charge in [-0.1, -0.05) is 29.8 Å². The Bertz CT molecular complexity index is 510. The average Bonchev–Trinajstić information content (AvgIpc) is 3.04. The Morgan fingerprint density at radius 3 is 2.80 bits per heavy atom. The van der Waals surface area contributed by atoms with Gasteiger partial charge in [-0.25, -0.2) is 0 Å². The van der Waals surface area contributed by atoms with E-state index in [2.05, 4.69) is 48.3 Å². The molecule has 1 saturated heterocycles. The number of ether oxygens (including phenoxy) is 1. The zero-order valence-corrected chi connectivity index (χ0v) is 18.8. The average molecular weight is 477 g/mol. The molecule has 0 amide bonds. The first kappa shape index (κ1) is 22.6. The molecular weight excluding hydrogens is 445 g/mol. The second-order valence-corrected chi connectivity index (χ2v) is 7.44. The highest BCUT2D eigenvalue weighted by Gasteiger charge is 2.24. The maximum absolute atomic E-state index is 5.29. The number of nitrogens with one attached hydrogen (secondary N) is 1. The van der Waals surface area contributed by atoms with Gasteiger partial charge in [-0.3, -0.25) is 4.99 Å². The Balaban J connectivity index is 0.00000312. The molecule has 0 bridgehead atoms. The van der Waals surface area contributed by atoms with Crippen molar-refractivity contribution in [2.75, 3.05) is 45.6 Å². The summed E-state index contributed by atoms with van der Waals surface area (Å²) in [5, 5.41) is 3.43. The van der Waals surface area contributed by atoms with Crippen molar-refractivity contribution in [1.82, 2.24) is 10.2 Å². The number of nitrogens with zero attached hydrogens (tertiary/aromatic N) is 2. The van der Waals surface area contributed by atoms with Crippen LogP contribution in [-0.4, -0.2) is 56.5 Å². The zero-order chi connectivity index (χ0) is 17.2. The molecular formula is C19H32IN3OS. The van der Waals surface area contributed by atoms with E-state index in [9.17, 15) is 0 Å². The van der Waals surface area contributed by atoms with Gasteiger partial charge in [0.1, 0.15) is 0 Å². The normalized spacial score (nSPS) is 17.5. The number of thioether (sulfide) groups is 1. The summed E-state index contributed by atoms with van der Waals surface area (Å²) < 4.78 is 5.29. The number of halogens is 1. The number of methoxy groups -OCH3 is 1. The van der Waals surface area contributed by atoms with Crippen LogP contribution >= 0.6 is 35.7 Å². The smallest absolute Gasteiger partial charge is 0.193 e. The molecule has 0 aromatic heterocycles. The van der Waals surface area contributed by atoms with Crippen molar-refractivity contribution in [3.05, 3.63) is 35.4 Å². The zero-order valence-electron chi connectivity index (χ0n) is 15.7. The van der Waals surface area contributed by atoms with E-state index >= 15 is 0 Å². The fraction of sp³-hybridized carbons (Fsp3) is 0.632. The fourth-order valence-corrected chi connectivity index (χ4v) is 3.71. The molecule has 1 fully saturated rings. The van der Waals surface area contributed by atoms with Crippen LogP contribution < -0.4 is 5.32 Å². The quantitative estimate of drug-likeness (QED) is 0.268. The first-order chi connectivity index (χ1) is 11.7. The summed E-state index contributed by atoms with van der Waals surface area (Å²) in [6.07, 6.45) is 1.19. The van der Waals surface area contributed by atoms with Crippen LogP contribution in [0, 0.1) is 12.8 Å². The summed E-state index contributed by atoms with van der Waals surface area (Å²) in [6, 6.07) is 8.80. The van der Waals surface area contributed by atoms with Gasteiger partial charge in [0, 0.05) is 44.2 Å². The molecule has 1 aromatic carbocycles. The lowest BCUT2D eigenvalue weighted by Crippen LogP contribution is -2.40. The fourth-order valence-electron chi connectivity index (χ4n) is 2.91. The summed E-state index contributed by atoms with van der Waals surface area (Å²) in [5.74, 6) is 3.81. The number of rotatable bonds is 8. The molecule has 0 aliphatic carbocycles. The molecule has 1 unspecified atom stereocenters. The molecule has 1 atom stereocenters. The summed E-state index contributed by atoms with van der Waals surface area (Å²) in [5.41, 5.74) is 2.71. The van der Waals surface area contributed by atoms with E-state index in [1.165, 1.54) is 17.5 Å². The van der Waals surface area contributed by atoms with Crippen LogP contribution in [0.15, 0.2) is 29.3 Å². The lowest BCUT2D eigenvalue weighted by molar-refractivity contribution is 0.157. The van der Waals surface area contributed by atoms with Crippen molar-refractivity contribution in [3.8, 4) is 0 Å². The van der Waals surface area contributed by atoms with Gasteiger partial charge in [0.05, 0.1) is 13.2 Å². The van der Waals surface area contributed by atoms with Crippen molar-refractivity contribution >= 4 is 41.7 Å². The van der Waals surface area contributed by atoms with E-state index in [0.717, 1.165) is 50.3 Å². The van der Waals surface area contributed by atoms with Crippen LogP contribution in [0.1, 0.15) is 24.5 Å². The van der Waals surface area contributed by atoms with Gasteiger partial charge < -0.3 is 15.0 Å². The predicted molar refractivity (Wildman–Crippen MR) is 120 cm³/mol. The van der Waals surface area contributed by atoms with Gasteiger partial charge in [-0.05, 0) is 25.8 Å². The van der Waals surface area contributed by atoms with Crippen LogP contribution in [0.4, 0.5) is 0 Å². The van der Waals surface area contributed by atoms with Crippen molar-refractivity contribution in [2.45, 2.75) is 26.0 Å². The molecule has 1 aromatic rings. The Hall–Kier alpha value is -0.470. The highest BCUT2D eigenvalue weighted by Crippen LogP contribution is 2.17. The largest absolute Gasteiger partial charge is 0.384 e. The number of likely N-dealkylation sites (tertiary alicyclic amines) is 1. The molecule has 0 radical (unpaired) electrons. The Morgan fingerprint density at radius 1 is 1.36 bits per heavy atom. The minimum atomic E-state index is 0. The molecule has 0 spiro atoms. The van der Waals surface area contributed by atoms with Crippen LogP contribution in [0.2, 0.25) is 0 Å². The third kappa shape index (κ3) is 8.17. The van der Waals surface area contributed by atoms with Crippen LogP contribution in [0.5, 0.6) is 0 Å². The lowest BCUT2D eigenvalue weighted by Gasteiger charge is -2.21. The van der Waals surface area contributed by atoms with Crippen LogP contribution in [0.3, 0.4) is 0 Å². The van der Waals surface area contributed by atoms with E-state index in [4.69, 9.17) is 9.73 Å². The Morgan fingerprint density at radius 2 is 2.12 bits per heavy atom. The molecule has 25 heavy (non-hydrogen) atoms. The van der Waals surface area contributed by atoms with E-state index in [1.807, 2.05) is 11.8 Å². The maximum atomic E-state index is 5.29. The second kappa shape index (κ2) is 12.8. The highest BCUT2D eigenvalue weighted by molar-refractivity contribution is 14.0. The van der Waals surface area contributed by atoms with Gasteiger partial charge in [-0.15, -0.1) is 24.0 Å².